The van der Waals surface area contributed by atoms with E-state index >= 15 is 0 Å². The third kappa shape index (κ3) is 3.57. The van der Waals surface area contributed by atoms with E-state index in [1.807, 2.05) is 31.2 Å². The Hall–Kier alpha value is -2.67. The second kappa shape index (κ2) is 6.62. The number of hydrogen-bond acceptors (Lipinski definition) is 7. The van der Waals surface area contributed by atoms with E-state index in [1.165, 1.54) is 0 Å². The van der Waals surface area contributed by atoms with Crippen LogP contribution in [0.3, 0.4) is 0 Å². The third-order valence-corrected chi connectivity index (χ3v) is 3.29. The molecule has 23 heavy (non-hydrogen) atoms. The van der Waals surface area contributed by atoms with Gasteiger partial charge in [-0.05, 0) is 38.1 Å². The maximum atomic E-state index is 5.68. The van der Waals surface area contributed by atoms with Crippen molar-refractivity contribution >= 4 is 5.82 Å². The van der Waals surface area contributed by atoms with E-state index in [4.69, 9.17) is 13.7 Å². The van der Waals surface area contributed by atoms with Gasteiger partial charge in [-0.25, -0.2) is 4.98 Å². The lowest BCUT2D eigenvalue weighted by atomic mass is 10.2. The zero-order valence-electron chi connectivity index (χ0n) is 13.2. The van der Waals surface area contributed by atoms with Crippen molar-refractivity contribution in [2.75, 3.05) is 19.0 Å². The van der Waals surface area contributed by atoms with Crippen molar-refractivity contribution in [2.24, 2.45) is 0 Å². The molecule has 1 atom stereocenters. The summed E-state index contributed by atoms with van der Waals surface area (Å²) in [5.74, 6) is 3.38. The Labute approximate surface area is 133 Å². The number of aryl methyl sites for hydroxylation is 2. The Bertz CT molecular complexity index is 781. The number of hydrogen-bond donors (Lipinski definition) is 1. The summed E-state index contributed by atoms with van der Waals surface area (Å²) in [4.78, 5) is 8.55. The van der Waals surface area contributed by atoms with Gasteiger partial charge in [-0.15, -0.1) is 0 Å². The van der Waals surface area contributed by atoms with Crippen molar-refractivity contribution in [2.45, 2.75) is 19.9 Å². The normalized spacial score (nSPS) is 12.3. The molecule has 0 amide bonds. The van der Waals surface area contributed by atoms with Gasteiger partial charge in [0.25, 0.3) is 5.89 Å². The SMILES string of the molecule is COCC(Nc1cc(-c2nc(C)no2)ccn1)c1ccc(C)o1. The number of rotatable bonds is 6. The molecule has 3 heterocycles. The lowest BCUT2D eigenvalue weighted by Crippen LogP contribution is -2.16. The van der Waals surface area contributed by atoms with Gasteiger partial charge >= 0.3 is 0 Å². The number of anilines is 1. The zero-order chi connectivity index (χ0) is 16.2. The molecule has 0 aliphatic heterocycles. The van der Waals surface area contributed by atoms with Crippen LogP contribution in [-0.2, 0) is 4.74 Å². The summed E-state index contributed by atoms with van der Waals surface area (Å²) in [5, 5.41) is 7.11. The van der Waals surface area contributed by atoms with Crippen molar-refractivity contribution in [3.63, 3.8) is 0 Å². The predicted octanol–water partition coefficient (Wildman–Crippen LogP) is 3.14. The molecule has 120 valence electrons. The second-order valence-electron chi connectivity index (χ2n) is 5.18. The summed E-state index contributed by atoms with van der Waals surface area (Å²) >= 11 is 0. The Morgan fingerprint density at radius 3 is 2.78 bits per heavy atom. The van der Waals surface area contributed by atoms with Crippen LogP contribution in [0, 0.1) is 13.8 Å². The highest BCUT2D eigenvalue weighted by Crippen LogP contribution is 2.24. The van der Waals surface area contributed by atoms with Crippen molar-refractivity contribution in [1.29, 1.82) is 0 Å². The average molecular weight is 314 g/mol. The molecule has 7 nitrogen and oxygen atoms in total. The number of ether oxygens (including phenoxy) is 1. The molecule has 3 aromatic rings. The fourth-order valence-electron chi connectivity index (χ4n) is 2.24. The molecule has 1 N–H and O–H groups in total. The minimum Gasteiger partial charge on any atom is -0.464 e. The summed E-state index contributed by atoms with van der Waals surface area (Å²) < 4.78 is 16.1. The smallest absolute Gasteiger partial charge is 0.258 e. The van der Waals surface area contributed by atoms with Gasteiger partial charge in [0.1, 0.15) is 23.4 Å². The molecule has 7 heteroatoms. The fraction of sp³-hybridized carbons (Fsp3) is 0.312. The number of furan rings is 1. The van der Waals surface area contributed by atoms with Gasteiger partial charge in [0.2, 0.25) is 0 Å². The first-order valence-corrected chi connectivity index (χ1v) is 7.24. The Morgan fingerprint density at radius 1 is 1.26 bits per heavy atom. The lowest BCUT2D eigenvalue weighted by molar-refractivity contribution is 0.178. The van der Waals surface area contributed by atoms with Gasteiger partial charge in [-0.1, -0.05) is 5.16 Å². The van der Waals surface area contributed by atoms with Crippen LogP contribution < -0.4 is 5.32 Å². The van der Waals surface area contributed by atoms with Crippen LogP contribution in [0.5, 0.6) is 0 Å². The first kappa shape index (κ1) is 15.2. The lowest BCUT2D eigenvalue weighted by Gasteiger charge is -2.16. The summed E-state index contributed by atoms with van der Waals surface area (Å²) in [6, 6.07) is 7.38. The monoisotopic (exact) mass is 314 g/mol. The molecule has 0 bridgehead atoms. The number of pyridine rings is 1. The highest BCUT2D eigenvalue weighted by Gasteiger charge is 2.16. The van der Waals surface area contributed by atoms with Crippen molar-refractivity contribution in [3.8, 4) is 11.5 Å². The average Bonchev–Trinajstić information content (AvgIpc) is 3.16. The molecule has 0 saturated heterocycles. The Kier molecular flexibility index (Phi) is 4.38. The van der Waals surface area contributed by atoms with Crippen LogP contribution in [0.2, 0.25) is 0 Å². The molecular formula is C16H18N4O3. The minimum atomic E-state index is -0.138. The second-order valence-corrected chi connectivity index (χ2v) is 5.18. The van der Waals surface area contributed by atoms with Crippen LogP contribution in [-0.4, -0.2) is 28.8 Å². The largest absolute Gasteiger partial charge is 0.464 e. The molecule has 3 rings (SSSR count). The number of nitrogens with one attached hydrogen (secondary N) is 1. The highest BCUT2D eigenvalue weighted by atomic mass is 16.5. The number of aromatic nitrogens is 3. The summed E-state index contributed by atoms with van der Waals surface area (Å²) in [6.45, 7) is 4.14. The van der Waals surface area contributed by atoms with Gasteiger partial charge < -0.3 is 19.0 Å². The van der Waals surface area contributed by atoms with Crippen molar-refractivity contribution in [1.82, 2.24) is 15.1 Å². The zero-order valence-corrected chi connectivity index (χ0v) is 13.2. The standard InChI is InChI=1S/C16H18N4O3/c1-10-4-5-14(22-10)13(9-21-3)19-15-8-12(6-7-17-15)16-18-11(2)20-23-16/h4-8,13H,9H2,1-3H3,(H,17,19). The molecule has 0 aliphatic carbocycles. The quantitative estimate of drug-likeness (QED) is 0.748. The van der Waals surface area contributed by atoms with E-state index in [1.54, 1.807) is 20.2 Å². The van der Waals surface area contributed by atoms with Crippen LogP contribution >= 0.6 is 0 Å². The number of nitrogens with zero attached hydrogens (tertiary/aromatic N) is 3. The first-order chi connectivity index (χ1) is 11.2. The van der Waals surface area contributed by atoms with Crippen LogP contribution in [0.15, 0.2) is 39.4 Å². The summed E-state index contributed by atoms with van der Waals surface area (Å²) in [7, 11) is 1.65. The molecule has 0 radical (unpaired) electrons. The van der Waals surface area contributed by atoms with Crippen LogP contribution in [0.4, 0.5) is 5.82 Å². The molecule has 0 aliphatic rings. The maximum absolute atomic E-state index is 5.68. The van der Waals surface area contributed by atoms with Gasteiger partial charge in [-0.2, -0.15) is 4.98 Å². The molecule has 0 fully saturated rings. The van der Waals surface area contributed by atoms with Gasteiger partial charge in [0, 0.05) is 18.9 Å². The van der Waals surface area contributed by atoms with Crippen LogP contribution in [0.1, 0.15) is 23.4 Å². The minimum absolute atomic E-state index is 0.138. The van der Waals surface area contributed by atoms with Crippen molar-refractivity contribution < 1.29 is 13.7 Å². The highest BCUT2D eigenvalue weighted by molar-refractivity contribution is 5.58. The first-order valence-electron chi connectivity index (χ1n) is 7.24. The Morgan fingerprint density at radius 2 is 2.13 bits per heavy atom. The van der Waals surface area contributed by atoms with E-state index in [0.717, 1.165) is 17.1 Å². The predicted molar refractivity (Wildman–Crippen MR) is 84.0 cm³/mol. The Balaban J connectivity index is 1.83. The van der Waals surface area contributed by atoms with E-state index in [2.05, 4.69) is 20.4 Å². The summed E-state index contributed by atoms with van der Waals surface area (Å²) in [5.41, 5.74) is 0.801. The number of methoxy groups -OCH3 is 1. The van der Waals surface area contributed by atoms with E-state index < -0.39 is 0 Å². The van der Waals surface area contributed by atoms with E-state index in [-0.39, 0.29) is 6.04 Å². The maximum Gasteiger partial charge on any atom is 0.258 e. The van der Waals surface area contributed by atoms with E-state index in [0.29, 0.717) is 24.1 Å². The fourth-order valence-corrected chi connectivity index (χ4v) is 2.24. The molecular weight excluding hydrogens is 296 g/mol. The molecule has 0 aromatic carbocycles. The third-order valence-electron chi connectivity index (χ3n) is 3.29. The molecule has 1 unspecified atom stereocenters. The van der Waals surface area contributed by atoms with E-state index in [9.17, 15) is 0 Å². The molecule has 3 aromatic heterocycles. The molecule has 0 spiro atoms. The molecule has 0 saturated carbocycles. The summed E-state index contributed by atoms with van der Waals surface area (Å²) in [6.07, 6.45) is 1.69. The van der Waals surface area contributed by atoms with Gasteiger partial charge in [-0.3, -0.25) is 0 Å². The topological polar surface area (TPSA) is 86.2 Å². The van der Waals surface area contributed by atoms with Gasteiger partial charge in [0.15, 0.2) is 5.82 Å². The van der Waals surface area contributed by atoms with Gasteiger partial charge in [0.05, 0.1) is 6.61 Å². The van der Waals surface area contributed by atoms with Crippen LogP contribution in [0.25, 0.3) is 11.5 Å². The van der Waals surface area contributed by atoms with Crippen molar-refractivity contribution in [3.05, 3.63) is 47.8 Å².